The van der Waals surface area contributed by atoms with Crippen molar-refractivity contribution < 1.29 is 19.1 Å². The molecule has 3 amide bonds. The normalized spacial score (nSPS) is 15.3. The first-order valence-corrected chi connectivity index (χ1v) is 9.09. The molecule has 0 aliphatic carbocycles. The largest absolute Gasteiger partial charge is 0.496 e. The predicted molar refractivity (Wildman–Crippen MR) is 104 cm³/mol. The molecule has 0 atom stereocenters. The van der Waals surface area contributed by atoms with Crippen LogP contribution in [0.3, 0.4) is 0 Å². The van der Waals surface area contributed by atoms with E-state index in [1.807, 2.05) is 48.5 Å². The molecule has 27 heavy (non-hydrogen) atoms. The van der Waals surface area contributed by atoms with Crippen molar-refractivity contribution >= 4 is 34.9 Å². The monoisotopic (exact) mass is 382 g/mol. The van der Waals surface area contributed by atoms with Gasteiger partial charge in [0.15, 0.2) is 0 Å². The number of nitrogens with zero attached hydrogens (tertiary/aromatic N) is 1. The first-order valence-electron chi connectivity index (χ1n) is 8.27. The summed E-state index contributed by atoms with van der Waals surface area (Å²) < 4.78 is 5.24. The van der Waals surface area contributed by atoms with E-state index in [1.165, 1.54) is 0 Å². The highest BCUT2D eigenvalue weighted by Crippen LogP contribution is 2.31. The summed E-state index contributed by atoms with van der Waals surface area (Å²) in [6.07, 6.45) is 1.65. The van der Waals surface area contributed by atoms with Crippen LogP contribution in [0.5, 0.6) is 5.75 Å². The Morgan fingerprint density at radius 1 is 1.11 bits per heavy atom. The number of thioether (sulfide) groups is 1. The van der Waals surface area contributed by atoms with Crippen LogP contribution < -0.4 is 10.1 Å². The van der Waals surface area contributed by atoms with Crippen molar-refractivity contribution in [2.45, 2.75) is 6.54 Å². The van der Waals surface area contributed by atoms with Crippen LogP contribution in [0.25, 0.3) is 6.08 Å². The summed E-state index contributed by atoms with van der Waals surface area (Å²) in [7, 11) is 1.56. The summed E-state index contributed by atoms with van der Waals surface area (Å²) in [5.41, 5.74) is 1.63. The molecule has 138 valence electrons. The third-order valence-electron chi connectivity index (χ3n) is 3.94. The summed E-state index contributed by atoms with van der Waals surface area (Å²) >= 11 is 0.838. The van der Waals surface area contributed by atoms with Crippen LogP contribution in [0.4, 0.5) is 4.79 Å². The van der Waals surface area contributed by atoms with Crippen molar-refractivity contribution in [3.63, 3.8) is 0 Å². The predicted octanol–water partition coefficient (Wildman–Crippen LogP) is 3.05. The van der Waals surface area contributed by atoms with E-state index >= 15 is 0 Å². The highest BCUT2D eigenvalue weighted by molar-refractivity contribution is 8.18. The van der Waals surface area contributed by atoms with Crippen LogP contribution in [0.2, 0.25) is 0 Å². The number of ether oxygens (including phenoxy) is 1. The molecule has 2 aromatic carbocycles. The van der Waals surface area contributed by atoms with Gasteiger partial charge in [-0.1, -0.05) is 48.5 Å². The number of imide groups is 1. The lowest BCUT2D eigenvalue weighted by molar-refractivity contribution is -0.129. The molecule has 0 radical (unpaired) electrons. The van der Waals surface area contributed by atoms with Gasteiger partial charge in [-0.25, -0.2) is 0 Å². The maximum Gasteiger partial charge on any atom is 0.294 e. The van der Waals surface area contributed by atoms with Crippen LogP contribution in [0.15, 0.2) is 59.5 Å². The average Bonchev–Trinajstić information content (AvgIpc) is 2.94. The van der Waals surface area contributed by atoms with Crippen molar-refractivity contribution in [3.05, 3.63) is 70.6 Å². The van der Waals surface area contributed by atoms with Crippen LogP contribution in [-0.4, -0.2) is 35.6 Å². The number of hydrogen-bond acceptors (Lipinski definition) is 5. The van der Waals surface area contributed by atoms with E-state index in [0.29, 0.717) is 10.7 Å². The summed E-state index contributed by atoms with van der Waals surface area (Å²) in [4.78, 5) is 38.0. The van der Waals surface area contributed by atoms with Crippen molar-refractivity contribution in [1.82, 2.24) is 10.2 Å². The number of amides is 3. The van der Waals surface area contributed by atoms with Crippen molar-refractivity contribution in [3.8, 4) is 5.75 Å². The minimum atomic E-state index is -0.457. The van der Waals surface area contributed by atoms with Crippen LogP contribution in [-0.2, 0) is 16.1 Å². The van der Waals surface area contributed by atoms with Gasteiger partial charge in [0.2, 0.25) is 5.91 Å². The number of rotatable bonds is 6. The first kappa shape index (κ1) is 18.7. The third kappa shape index (κ3) is 4.57. The second kappa shape index (κ2) is 8.55. The number of nitrogens with one attached hydrogen (secondary N) is 1. The van der Waals surface area contributed by atoms with Gasteiger partial charge in [0.25, 0.3) is 11.1 Å². The van der Waals surface area contributed by atoms with Gasteiger partial charge in [0.1, 0.15) is 12.3 Å². The molecular weight excluding hydrogens is 364 g/mol. The summed E-state index contributed by atoms with van der Waals surface area (Å²) in [6, 6.07) is 16.6. The molecule has 1 aliphatic rings. The second-order valence-electron chi connectivity index (χ2n) is 5.77. The Hall–Kier alpha value is -3.06. The Morgan fingerprint density at radius 3 is 2.56 bits per heavy atom. The van der Waals surface area contributed by atoms with E-state index in [-0.39, 0.29) is 13.1 Å². The van der Waals surface area contributed by atoms with Gasteiger partial charge in [-0.15, -0.1) is 0 Å². The molecule has 2 aromatic rings. The molecule has 3 rings (SSSR count). The van der Waals surface area contributed by atoms with Gasteiger partial charge in [-0.2, -0.15) is 0 Å². The molecule has 0 bridgehead atoms. The van der Waals surface area contributed by atoms with Gasteiger partial charge in [0.05, 0.1) is 12.0 Å². The molecule has 0 saturated carbocycles. The van der Waals surface area contributed by atoms with Gasteiger partial charge in [0, 0.05) is 12.1 Å². The fraction of sp³-hybridized carbons (Fsp3) is 0.150. The Morgan fingerprint density at radius 2 is 1.81 bits per heavy atom. The smallest absolute Gasteiger partial charge is 0.294 e. The maximum absolute atomic E-state index is 12.4. The van der Waals surface area contributed by atoms with E-state index in [9.17, 15) is 14.4 Å². The van der Waals surface area contributed by atoms with Gasteiger partial charge in [-0.05, 0) is 29.5 Å². The number of methoxy groups -OCH3 is 1. The zero-order chi connectivity index (χ0) is 19.2. The van der Waals surface area contributed by atoms with Gasteiger partial charge >= 0.3 is 0 Å². The summed E-state index contributed by atoms with van der Waals surface area (Å²) in [6.45, 7) is -0.0646. The number of hydrogen-bond donors (Lipinski definition) is 1. The number of benzene rings is 2. The molecule has 0 aromatic heterocycles. The first-order chi connectivity index (χ1) is 13.1. The quantitative estimate of drug-likeness (QED) is 0.777. The Bertz CT molecular complexity index is 896. The lowest BCUT2D eigenvalue weighted by Crippen LogP contribution is -2.39. The molecule has 0 unspecified atom stereocenters. The lowest BCUT2D eigenvalue weighted by atomic mass is 10.2. The van der Waals surface area contributed by atoms with E-state index < -0.39 is 17.1 Å². The molecule has 1 fully saturated rings. The van der Waals surface area contributed by atoms with Crippen LogP contribution in [0.1, 0.15) is 11.1 Å². The van der Waals surface area contributed by atoms with E-state index in [0.717, 1.165) is 27.8 Å². The SMILES string of the molecule is COc1ccccc1CNC(=O)CN1C(=O)S/C(=C/c2ccccc2)C1=O. The van der Waals surface area contributed by atoms with Crippen molar-refractivity contribution in [2.75, 3.05) is 13.7 Å². The van der Waals surface area contributed by atoms with Crippen molar-refractivity contribution in [1.29, 1.82) is 0 Å². The van der Waals surface area contributed by atoms with E-state index in [1.54, 1.807) is 19.3 Å². The highest BCUT2D eigenvalue weighted by Gasteiger charge is 2.36. The molecule has 6 nitrogen and oxygen atoms in total. The van der Waals surface area contributed by atoms with E-state index in [2.05, 4.69) is 5.32 Å². The molecule has 1 saturated heterocycles. The summed E-state index contributed by atoms with van der Waals surface area (Å²) in [5.74, 6) is -0.208. The molecular formula is C20H18N2O4S. The number of carbonyl (C=O) groups excluding carboxylic acids is 3. The molecule has 1 aliphatic heterocycles. The minimum absolute atomic E-state index is 0.249. The molecule has 1 N–H and O–H groups in total. The maximum atomic E-state index is 12.4. The zero-order valence-corrected chi connectivity index (χ0v) is 15.5. The summed E-state index contributed by atoms with van der Waals surface area (Å²) in [5, 5.41) is 2.26. The minimum Gasteiger partial charge on any atom is -0.496 e. The number of carbonyl (C=O) groups is 3. The number of para-hydroxylation sites is 1. The topological polar surface area (TPSA) is 75.7 Å². The Kier molecular flexibility index (Phi) is 5.93. The fourth-order valence-corrected chi connectivity index (χ4v) is 3.42. The molecule has 0 spiro atoms. The van der Waals surface area contributed by atoms with Crippen LogP contribution >= 0.6 is 11.8 Å². The third-order valence-corrected chi connectivity index (χ3v) is 4.85. The zero-order valence-electron chi connectivity index (χ0n) is 14.7. The fourth-order valence-electron chi connectivity index (χ4n) is 2.58. The molecule has 1 heterocycles. The highest BCUT2D eigenvalue weighted by atomic mass is 32.2. The standard InChI is InChI=1S/C20H18N2O4S/c1-26-16-10-6-5-9-15(16)12-21-18(23)13-22-19(24)17(27-20(22)25)11-14-7-3-2-4-8-14/h2-11H,12-13H2,1H3,(H,21,23)/b17-11+. The van der Waals surface area contributed by atoms with E-state index in [4.69, 9.17) is 4.74 Å². The van der Waals surface area contributed by atoms with Gasteiger partial charge in [-0.3, -0.25) is 19.3 Å². The van der Waals surface area contributed by atoms with Crippen molar-refractivity contribution in [2.24, 2.45) is 0 Å². The molecule has 7 heteroatoms. The lowest BCUT2D eigenvalue weighted by Gasteiger charge is -2.13. The Labute approximate surface area is 161 Å². The van der Waals surface area contributed by atoms with Crippen LogP contribution in [0, 0.1) is 0 Å². The second-order valence-corrected chi connectivity index (χ2v) is 6.76. The average molecular weight is 382 g/mol. The Balaban J connectivity index is 1.61. The van der Waals surface area contributed by atoms with Gasteiger partial charge < -0.3 is 10.1 Å².